The Kier molecular flexibility index (Phi) is 3.37. The predicted octanol–water partition coefficient (Wildman–Crippen LogP) is 3.85. The highest BCUT2D eigenvalue weighted by Crippen LogP contribution is 2.27. The molecule has 0 bridgehead atoms. The fourth-order valence-electron chi connectivity index (χ4n) is 1.26. The van der Waals surface area contributed by atoms with Crippen LogP contribution in [0, 0.1) is 5.92 Å². The van der Waals surface area contributed by atoms with E-state index in [1.807, 2.05) is 0 Å². The van der Waals surface area contributed by atoms with Gasteiger partial charge in [0.15, 0.2) is 0 Å². The van der Waals surface area contributed by atoms with Crippen LogP contribution in [-0.4, -0.2) is 0 Å². The Labute approximate surface area is 82.2 Å². The van der Waals surface area contributed by atoms with Gasteiger partial charge in [-0.3, -0.25) is 0 Å². The van der Waals surface area contributed by atoms with Crippen molar-refractivity contribution in [1.29, 1.82) is 0 Å². The Hall–Kier alpha value is -0.0500. The van der Waals surface area contributed by atoms with Gasteiger partial charge in [0.25, 0.3) is 0 Å². The third-order valence-corrected chi connectivity index (χ3v) is 2.56. The maximum atomic E-state index is 4.03. The third kappa shape index (κ3) is 2.47. The molecule has 0 aromatic carbocycles. The Morgan fingerprint density at radius 1 is 1.64 bits per heavy atom. The molecule has 0 saturated heterocycles. The van der Waals surface area contributed by atoms with Crippen molar-refractivity contribution in [3.63, 3.8) is 0 Å². The summed E-state index contributed by atoms with van der Waals surface area (Å²) in [6.07, 6.45) is 9.07. The van der Waals surface area contributed by atoms with Crippen LogP contribution in [0.25, 0.3) is 0 Å². The summed E-state index contributed by atoms with van der Waals surface area (Å²) in [4.78, 5) is 0. The highest BCUT2D eigenvalue weighted by atomic mass is 127. The zero-order valence-electron chi connectivity index (χ0n) is 6.81. The second-order valence-corrected chi connectivity index (χ2v) is 4.10. The summed E-state index contributed by atoms with van der Waals surface area (Å²) in [7, 11) is 0. The lowest BCUT2D eigenvalue weighted by Crippen LogP contribution is -2.00. The summed E-state index contributed by atoms with van der Waals surface area (Å²) in [5, 5.41) is 0. The van der Waals surface area contributed by atoms with Crippen LogP contribution in [0.2, 0.25) is 0 Å². The third-order valence-electron chi connectivity index (χ3n) is 1.89. The van der Waals surface area contributed by atoms with Gasteiger partial charge in [0.1, 0.15) is 0 Å². The van der Waals surface area contributed by atoms with E-state index >= 15 is 0 Å². The molecule has 0 saturated carbocycles. The van der Waals surface area contributed by atoms with Gasteiger partial charge < -0.3 is 0 Å². The van der Waals surface area contributed by atoms with Crippen LogP contribution in [0.15, 0.2) is 34.0 Å². The van der Waals surface area contributed by atoms with E-state index in [2.05, 4.69) is 54.3 Å². The Bertz CT molecular complexity index is 211. The van der Waals surface area contributed by atoms with E-state index in [-0.39, 0.29) is 0 Å². The molecule has 0 spiro atoms. The van der Waals surface area contributed by atoms with Crippen LogP contribution in [0.5, 0.6) is 0 Å². The van der Waals surface area contributed by atoms with Crippen molar-refractivity contribution in [3.05, 3.63) is 34.0 Å². The fourth-order valence-corrected chi connectivity index (χ4v) is 1.86. The number of hydrogen-bond donors (Lipinski definition) is 0. The first-order valence-electron chi connectivity index (χ1n) is 3.98. The summed E-state index contributed by atoms with van der Waals surface area (Å²) in [6.45, 7) is 6.24. The van der Waals surface area contributed by atoms with Crippen molar-refractivity contribution in [3.8, 4) is 0 Å². The topological polar surface area (TPSA) is 0 Å². The van der Waals surface area contributed by atoms with E-state index in [0.29, 0.717) is 5.92 Å². The molecule has 0 N–H and O–H groups in total. The van der Waals surface area contributed by atoms with Gasteiger partial charge in [-0.15, -0.1) is 0 Å². The SMILES string of the molecule is C=C1C=C(I)C=CC1CCC. The molecule has 0 amide bonds. The van der Waals surface area contributed by atoms with Crippen LogP contribution < -0.4 is 0 Å². The van der Waals surface area contributed by atoms with Gasteiger partial charge in [0, 0.05) is 9.50 Å². The average Bonchev–Trinajstić information content (AvgIpc) is 1.95. The molecule has 60 valence electrons. The molecule has 1 heteroatoms. The quantitative estimate of drug-likeness (QED) is 0.661. The molecule has 1 atom stereocenters. The van der Waals surface area contributed by atoms with Crippen molar-refractivity contribution in [2.45, 2.75) is 19.8 Å². The first kappa shape index (κ1) is 9.04. The predicted molar refractivity (Wildman–Crippen MR) is 58.8 cm³/mol. The molecule has 0 nitrogen and oxygen atoms in total. The highest BCUT2D eigenvalue weighted by molar-refractivity contribution is 14.1. The van der Waals surface area contributed by atoms with Gasteiger partial charge in [0.2, 0.25) is 0 Å². The molecule has 11 heavy (non-hydrogen) atoms. The lowest BCUT2D eigenvalue weighted by Gasteiger charge is -2.15. The highest BCUT2D eigenvalue weighted by Gasteiger charge is 2.09. The molecule has 1 rings (SSSR count). The van der Waals surface area contributed by atoms with Gasteiger partial charge in [0.05, 0.1) is 0 Å². The smallest absolute Gasteiger partial charge is 0.0130 e. The molecule has 0 aliphatic heterocycles. The van der Waals surface area contributed by atoms with Gasteiger partial charge in [-0.05, 0) is 40.7 Å². The zero-order valence-corrected chi connectivity index (χ0v) is 8.97. The number of rotatable bonds is 2. The second kappa shape index (κ2) is 4.10. The minimum absolute atomic E-state index is 0.596. The van der Waals surface area contributed by atoms with Gasteiger partial charge in [-0.2, -0.15) is 0 Å². The van der Waals surface area contributed by atoms with Gasteiger partial charge in [-0.1, -0.05) is 32.1 Å². The molecule has 1 aliphatic carbocycles. The lowest BCUT2D eigenvalue weighted by atomic mass is 9.92. The molecule has 1 aliphatic rings. The Morgan fingerprint density at radius 2 is 2.36 bits per heavy atom. The van der Waals surface area contributed by atoms with Crippen molar-refractivity contribution in [2.75, 3.05) is 0 Å². The minimum Gasteiger partial charge on any atom is -0.0952 e. The maximum absolute atomic E-state index is 4.03. The number of halogens is 1. The Morgan fingerprint density at radius 3 is 2.91 bits per heavy atom. The molecule has 0 aromatic rings. The minimum atomic E-state index is 0.596. The van der Waals surface area contributed by atoms with Crippen LogP contribution in [0.1, 0.15) is 19.8 Å². The summed E-state index contributed by atoms with van der Waals surface area (Å²) in [5.41, 5.74) is 1.26. The number of hydrogen-bond acceptors (Lipinski definition) is 0. The monoisotopic (exact) mass is 260 g/mol. The van der Waals surface area contributed by atoms with Crippen LogP contribution >= 0.6 is 22.6 Å². The summed E-state index contributed by atoms with van der Waals surface area (Å²) in [5.74, 6) is 0.596. The first-order chi connectivity index (χ1) is 5.24. The largest absolute Gasteiger partial charge is 0.0952 e. The van der Waals surface area contributed by atoms with Gasteiger partial charge >= 0.3 is 0 Å². The van der Waals surface area contributed by atoms with E-state index < -0.39 is 0 Å². The molecule has 0 heterocycles. The first-order valence-corrected chi connectivity index (χ1v) is 5.06. The maximum Gasteiger partial charge on any atom is 0.0130 e. The molecule has 1 unspecified atom stereocenters. The molecule has 0 aromatic heterocycles. The van der Waals surface area contributed by atoms with Crippen molar-refractivity contribution in [2.24, 2.45) is 5.92 Å². The van der Waals surface area contributed by atoms with Crippen LogP contribution in [0.3, 0.4) is 0 Å². The summed E-state index contributed by atoms with van der Waals surface area (Å²) >= 11 is 2.32. The van der Waals surface area contributed by atoms with E-state index in [9.17, 15) is 0 Å². The fraction of sp³-hybridized carbons (Fsp3) is 0.400. The van der Waals surface area contributed by atoms with Crippen LogP contribution in [0.4, 0.5) is 0 Å². The van der Waals surface area contributed by atoms with E-state index in [4.69, 9.17) is 0 Å². The normalized spacial score (nSPS) is 23.6. The molecule has 0 fully saturated rings. The second-order valence-electron chi connectivity index (χ2n) is 2.86. The van der Waals surface area contributed by atoms with Crippen molar-refractivity contribution < 1.29 is 0 Å². The van der Waals surface area contributed by atoms with Crippen molar-refractivity contribution in [1.82, 2.24) is 0 Å². The zero-order chi connectivity index (χ0) is 8.27. The molecule has 0 radical (unpaired) electrons. The van der Waals surface area contributed by atoms with Crippen molar-refractivity contribution >= 4 is 22.6 Å². The average molecular weight is 260 g/mol. The number of allylic oxidation sites excluding steroid dienone is 5. The van der Waals surface area contributed by atoms with E-state index in [1.54, 1.807) is 0 Å². The van der Waals surface area contributed by atoms with E-state index in [1.165, 1.54) is 22.0 Å². The lowest BCUT2D eigenvalue weighted by molar-refractivity contribution is 0.668. The molecular weight excluding hydrogens is 247 g/mol. The summed E-state index contributed by atoms with van der Waals surface area (Å²) < 4.78 is 1.29. The van der Waals surface area contributed by atoms with Crippen LogP contribution in [-0.2, 0) is 0 Å². The standard InChI is InChI=1S/C10H13I/c1-3-4-9-5-6-10(11)7-8(9)2/h5-7,9H,2-4H2,1H3. The van der Waals surface area contributed by atoms with E-state index in [0.717, 1.165) is 0 Å². The molecular formula is C10H13I. The van der Waals surface area contributed by atoms with Gasteiger partial charge in [-0.25, -0.2) is 0 Å². The summed E-state index contributed by atoms with van der Waals surface area (Å²) in [6, 6.07) is 0. The Balaban J connectivity index is 2.62.